The van der Waals surface area contributed by atoms with Gasteiger partial charge in [0, 0.05) is 0 Å². The maximum absolute atomic E-state index is 4.88. The molecular weight excluding hydrogens is 128 g/mol. The second kappa shape index (κ2) is 4.34. The van der Waals surface area contributed by atoms with Crippen molar-refractivity contribution in [2.45, 2.75) is 26.2 Å². The molecule has 58 valence electrons. The first-order chi connectivity index (χ1) is 4.89. The summed E-state index contributed by atoms with van der Waals surface area (Å²) in [5, 5.41) is 0. The van der Waals surface area contributed by atoms with E-state index in [9.17, 15) is 0 Å². The molecule has 1 atom stereocenters. The van der Waals surface area contributed by atoms with Crippen LogP contribution in [0.2, 0.25) is 0 Å². The third kappa shape index (κ3) is 2.87. The lowest BCUT2D eigenvalue weighted by molar-refractivity contribution is -0.255. The van der Waals surface area contributed by atoms with Gasteiger partial charge in [-0.1, -0.05) is 6.92 Å². The maximum atomic E-state index is 4.88. The van der Waals surface area contributed by atoms with Crippen molar-refractivity contribution < 1.29 is 9.78 Å². The molecule has 0 aliphatic carbocycles. The van der Waals surface area contributed by atoms with E-state index in [1.54, 1.807) is 6.26 Å². The van der Waals surface area contributed by atoms with E-state index < -0.39 is 0 Å². The molecule has 1 aliphatic heterocycles. The van der Waals surface area contributed by atoms with Gasteiger partial charge in [-0.05, 0) is 31.3 Å². The largest absolute Gasteiger partial charge is 0.346 e. The van der Waals surface area contributed by atoms with Crippen LogP contribution in [0.5, 0.6) is 0 Å². The predicted octanol–water partition coefficient (Wildman–Crippen LogP) is 2.27. The summed E-state index contributed by atoms with van der Waals surface area (Å²) in [6.45, 7) is 2.89. The fourth-order valence-corrected chi connectivity index (χ4v) is 0.970. The topological polar surface area (TPSA) is 18.5 Å². The fourth-order valence-electron chi connectivity index (χ4n) is 0.970. The van der Waals surface area contributed by atoms with Gasteiger partial charge in [0.2, 0.25) is 0 Å². The molecule has 0 saturated heterocycles. The van der Waals surface area contributed by atoms with E-state index in [1.165, 1.54) is 12.8 Å². The van der Waals surface area contributed by atoms with Gasteiger partial charge < -0.3 is 4.89 Å². The predicted molar refractivity (Wildman–Crippen MR) is 39.2 cm³/mol. The Morgan fingerprint density at radius 3 is 3.30 bits per heavy atom. The van der Waals surface area contributed by atoms with Crippen molar-refractivity contribution in [2.24, 2.45) is 5.92 Å². The standard InChI is InChI=1S/C8H14O2/c1-8-5-3-2-4-6-9-10-7-8/h4,6,8H,2-3,5,7H2,1H3/b6-4-. The minimum Gasteiger partial charge on any atom is -0.346 e. The lowest BCUT2D eigenvalue weighted by atomic mass is 10.1. The summed E-state index contributed by atoms with van der Waals surface area (Å²) in [5.41, 5.74) is 0. The van der Waals surface area contributed by atoms with Crippen molar-refractivity contribution in [2.75, 3.05) is 6.61 Å². The Balaban J connectivity index is 2.24. The van der Waals surface area contributed by atoms with Gasteiger partial charge in [0.1, 0.15) is 6.26 Å². The van der Waals surface area contributed by atoms with Gasteiger partial charge in [-0.15, -0.1) is 0 Å². The molecule has 10 heavy (non-hydrogen) atoms. The number of allylic oxidation sites excluding steroid dienone is 1. The highest BCUT2D eigenvalue weighted by molar-refractivity contribution is 4.73. The van der Waals surface area contributed by atoms with E-state index in [2.05, 4.69) is 6.92 Å². The summed E-state index contributed by atoms with van der Waals surface area (Å²) < 4.78 is 0. The normalized spacial score (nSPS) is 31.1. The minimum atomic E-state index is 0.625. The average Bonchev–Trinajstić information content (AvgIpc) is 2.02. The molecule has 1 unspecified atom stereocenters. The van der Waals surface area contributed by atoms with Gasteiger partial charge in [-0.3, -0.25) is 0 Å². The molecule has 0 bridgehead atoms. The molecule has 0 fully saturated rings. The molecule has 0 aromatic heterocycles. The van der Waals surface area contributed by atoms with Crippen molar-refractivity contribution in [3.63, 3.8) is 0 Å². The van der Waals surface area contributed by atoms with Crippen molar-refractivity contribution in [1.29, 1.82) is 0 Å². The summed E-state index contributed by atoms with van der Waals surface area (Å²) in [5.74, 6) is 0.625. The Kier molecular flexibility index (Phi) is 3.30. The first-order valence-corrected chi connectivity index (χ1v) is 3.83. The van der Waals surface area contributed by atoms with Crippen molar-refractivity contribution in [3.05, 3.63) is 12.3 Å². The molecule has 1 aliphatic rings. The molecule has 1 rings (SSSR count). The molecule has 2 heteroatoms. The van der Waals surface area contributed by atoms with Gasteiger partial charge in [0.25, 0.3) is 0 Å². The molecule has 1 heterocycles. The Hall–Kier alpha value is -0.500. The molecular formula is C8H14O2. The smallest absolute Gasteiger partial charge is 0.125 e. The first-order valence-electron chi connectivity index (χ1n) is 3.83. The zero-order valence-corrected chi connectivity index (χ0v) is 6.38. The van der Waals surface area contributed by atoms with Crippen LogP contribution in [0.1, 0.15) is 26.2 Å². The SMILES string of the molecule is CC1CCC/C=C\OOC1. The van der Waals surface area contributed by atoms with Crippen LogP contribution in [0.3, 0.4) is 0 Å². The van der Waals surface area contributed by atoms with Crippen molar-refractivity contribution in [3.8, 4) is 0 Å². The van der Waals surface area contributed by atoms with E-state index in [-0.39, 0.29) is 0 Å². The van der Waals surface area contributed by atoms with Gasteiger partial charge in [0.05, 0.1) is 6.61 Å². The van der Waals surface area contributed by atoms with Crippen LogP contribution >= 0.6 is 0 Å². The number of hydrogen-bond acceptors (Lipinski definition) is 2. The van der Waals surface area contributed by atoms with Crippen LogP contribution < -0.4 is 0 Å². The summed E-state index contributed by atoms with van der Waals surface area (Å²) in [6.07, 6.45) is 7.20. The van der Waals surface area contributed by atoms with E-state index >= 15 is 0 Å². The summed E-state index contributed by atoms with van der Waals surface area (Å²) in [7, 11) is 0. The highest BCUT2D eigenvalue weighted by atomic mass is 17.2. The monoisotopic (exact) mass is 142 g/mol. The third-order valence-electron chi connectivity index (χ3n) is 1.64. The molecule has 0 spiro atoms. The van der Waals surface area contributed by atoms with Crippen LogP contribution in [0.25, 0.3) is 0 Å². The molecule has 0 radical (unpaired) electrons. The van der Waals surface area contributed by atoms with E-state index in [0.29, 0.717) is 12.5 Å². The number of hydrogen-bond donors (Lipinski definition) is 0. The Labute approximate surface area is 61.8 Å². The van der Waals surface area contributed by atoms with E-state index in [4.69, 9.17) is 9.78 Å². The van der Waals surface area contributed by atoms with Crippen LogP contribution in [-0.4, -0.2) is 6.61 Å². The molecule has 0 amide bonds. The van der Waals surface area contributed by atoms with Gasteiger partial charge in [0.15, 0.2) is 0 Å². The summed E-state index contributed by atoms with van der Waals surface area (Å²) >= 11 is 0. The highest BCUT2D eigenvalue weighted by Crippen LogP contribution is 2.10. The Morgan fingerprint density at radius 2 is 2.40 bits per heavy atom. The first kappa shape index (κ1) is 7.61. The second-order valence-electron chi connectivity index (χ2n) is 2.79. The Bertz CT molecular complexity index is 97.8. The van der Waals surface area contributed by atoms with Crippen molar-refractivity contribution in [1.82, 2.24) is 0 Å². The highest BCUT2D eigenvalue weighted by Gasteiger charge is 2.02. The maximum Gasteiger partial charge on any atom is 0.125 e. The summed E-state index contributed by atoms with van der Waals surface area (Å²) in [4.78, 5) is 9.62. The number of rotatable bonds is 0. The van der Waals surface area contributed by atoms with E-state index in [1.807, 2.05) is 6.08 Å². The zero-order valence-electron chi connectivity index (χ0n) is 6.38. The molecule has 0 saturated carbocycles. The van der Waals surface area contributed by atoms with Crippen LogP contribution in [0, 0.1) is 5.92 Å². The minimum absolute atomic E-state index is 0.625. The second-order valence-corrected chi connectivity index (χ2v) is 2.79. The van der Waals surface area contributed by atoms with Crippen LogP contribution in [0.4, 0.5) is 0 Å². The average molecular weight is 142 g/mol. The fraction of sp³-hybridized carbons (Fsp3) is 0.750. The van der Waals surface area contributed by atoms with Crippen LogP contribution in [0.15, 0.2) is 12.3 Å². The van der Waals surface area contributed by atoms with Crippen LogP contribution in [-0.2, 0) is 9.78 Å². The quantitative estimate of drug-likeness (QED) is 0.483. The molecule has 0 aromatic carbocycles. The van der Waals surface area contributed by atoms with Gasteiger partial charge in [-0.25, -0.2) is 0 Å². The third-order valence-corrected chi connectivity index (χ3v) is 1.64. The zero-order chi connectivity index (χ0) is 7.23. The Morgan fingerprint density at radius 1 is 1.50 bits per heavy atom. The molecule has 0 aromatic rings. The lowest BCUT2D eigenvalue weighted by Gasteiger charge is -2.06. The lowest BCUT2D eigenvalue weighted by Crippen LogP contribution is -2.03. The van der Waals surface area contributed by atoms with Gasteiger partial charge in [-0.2, -0.15) is 4.89 Å². The van der Waals surface area contributed by atoms with E-state index in [0.717, 1.165) is 6.42 Å². The summed E-state index contributed by atoms with van der Waals surface area (Å²) in [6, 6.07) is 0. The van der Waals surface area contributed by atoms with Gasteiger partial charge >= 0.3 is 0 Å². The molecule has 0 N–H and O–H groups in total. The molecule has 2 nitrogen and oxygen atoms in total. The van der Waals surface area contributed by atoms with Crippen molar-refractivity contribution >= 4 is 0 Å².